The number of rotatable bonds is 5. The van der Waals surface area contributed by atoms with E-state index >= 15 is 0 Å². The van der Waals surface area contributed by atoms with Crippen LogP contribution in [0.5, 0.6) is 0 Å². The molecule has 0 unspecified atom stereocenters. The Balaban J connectivity index is 1.22. The number of hydrogen-bond acceptors (Lipinski definition) is 3. The van der Waals surface area contributed by atoms with Crippen LogP contribution in [0.25, 0.3) is 0 Å². The van der Waals surface area contributed by atoms with Gasteiger partial charge in [-0.3, -0.25) is 4.79 Å². The first kappa shape index (κ1) is 15.9. The molecule has 23 heavy (non-hydrogen) atoms. The molecule has 3 atom stereocenters. The van der Waals surface area contributed by atoms with Crippen molar-refractivity contribution in [3.63, 3.8) is 0 Å². The first-order valence-electron chi connectivity index (χ1n) is 9.30. The first-order chi connectivity index (χ1) is 11.0. The highest BCUT2D eigenvalue weighted by Gasteiger charge is 2.42. The summed E-state index contributed by atoms with van der Waals surface area (Å²) in [5.74, 6) is 2.46. The third-order valence-electron chi connectivity index (χ3n) is 6.46. The smallest absolute Gasteiger partial charge is 0.220 e. The number of hydrogen-bond donors (Lipinski definition) is 1. The molecule has 6 heteroatoms. The number of nitrogens with zero attached hydrogens (tertiary/aromatic N) is 1. The minimum Gasteiger partial charge on any atom is -0.353 e. The monoisotopic (exact) mass is 340 g/mol. The van der Waals surface area contributed by atoms with E-state index in [0.29, 0.717) is 25.4 Å². The van der Waals surface area contributed by atoms with Gasteiger partial charge in [-0.15, -0.1) is 0 Å². The summed E-state index contributed by atoms with van der Waals surface area (Å²) in [5, 5.41) is 3.04. The summed E-state index contributed by atoms with van der Waals surface area (Å²) in [4.78, 5) is 12.3. The zero-order valence-electron chi connectivity index (χ0n) is 13.7. The van der Waals surface area contributed by atoms with E-state index in [-0.39, 0.29) is 17.2 Å². The molecule has 4 fully saturated rings. The fraction of sp³-hybridized carbons (Fsp3) is 0.941. The van der Waals surface area contributed by atoms with Gasteiger partial charge in [0.25, 0.3) is 0 Å². The summed E-state index contributed by atoms with van der Waals surface area (Å²) in [6, 6.07) is 0.159. The maximum atomic E-state index is 12.3. The Morgan fingerprint density at radius 3 is 2.30 bits per heavy atom. The summed E-state index contributed by atoms with van der Waals surface area (Å²) in [7, 11) is -3.04. The molecule has 1 aliphatic heterocycles. The number of sulfonamides is 1. The molecule has 0 radical (unpaired) electrons. The lowest BCUT2D eigenvalue weighted by molar-refractivity contribution is -0.123. The van der Waals surface area contributed by atoms with Crippen LogP contribution >= 0.6 is 0 Å². The third-order valence-corrected chi connectivity index (χ3v) is 8.86. The van der Waals surface area contributed by atoms with Crippen LogP contribution in [-0.2, 0) is 14.8 Å². The quantitative estimate of drug-likeness (QED) is 0.831. The standard InChI is InChI=1S/C17H28N2O3S/c20-17(11-14-10-12-1-2-13(14)9-12)18-15-5-7-19(8-6-15)23(21,22)16-3-4-16/h12-16H,1-11H2,(H,18,20)/t12-,13-,14+/m0/s1. The van der Waals surface area contributed by atoms with Gasteiger partial charge in [-0.25, -0.2) is 12.7 Å². The Bertz CT molecular complexity index is 564. The lowest BCUT2D eigenvalue weighted by Crippen LogP contribution is -2.47. The highest BCUT2D eigenvalue weighted by atomic mass is 32.2. The van der Waals surface area contributed by atoms with Crippen molar-refractivity contribution in [1.29, 1.82) is 0 Å². The molecule has 1 saturated heterocycles. The Kier molecular flexibility index (Phi) is 4.16. The van der Waals surface area contributed by atoms with Crippen LogP contribution in [0.15, 0.2) is 0 Å². The van der Waals surface area contributed by atoms with Crippen molar-refractivity contribution in [2.24, 2.45) is 17.8 Å². The van der Waals surface area contributed by atoms with Gasteiger partial charge < -0.3 is 5.32 Å². The number of amides is 1. The minimum absolute atomic E-state index is 0.119. The molecule has 130 valence electrons. The largest absolute Gasteiger partial charge is 0.353 e. The van der Waals surface area contributed by atoms with Crippen LogP contribution in [-0.4, -0.2) is 43.0 Å². The Morgan fingerprint density at radius 1 is 1.00 bits per heavy atom. The molecule has 1 heterocycles. The van der Waals surface area contributed by atoms with Crippen LogP contribution in [0, 0.1) is 17.8 Å². The summed E-state index contributed by atoms with van der Waals surface area (Å²) >= 11 is 0. The summed E-state index contributed by atoms with van der Waals surface area (Å²) < 4.78 is 26.1. The normalized spacial score (nSPS) is 35.6. The van der Waals surface area contributed by atoms with Gasteiger partial charge in [0, 0.05) is 25.6 Å². The van der Waals surface area contributed by atoms with Crippen molar-refractivity contribution in [2.75, 3.05) is 13.1 Å². The van der Waals surface area contributed by atoms with E-state index < -0.39 is 10.0 Å². The van der Waals surface area contributed by atoms with E-state index in [0.717, 1.165) is 37.5 Å². The van der Waals surface area contributed by atoms with E-state index in [9.17, 15) is 13.2 Å². The number of fused-ring (bicyclic) bond motifs is 2. The van der Waals surface area contributed by atoms with Gasteiger partial charge in [-0.05, 0) is 62.7 Å². The van der Waals surface area contributed by atoms with Crippen molar-refractivity contribution in [3.05, 3.63) is 0 Å². The van der Waals surface area contributed by atoms with Crippen LogP contribution in [0.3, 0.4) is 0 Å². The predicted octanol–water partition coefficient (Wildman–Crippen LogP) is 1.89. The molecule has 3 aliphatic carbocycles. The highest BCUT2D eigenvalue weighted by Crippen LogP contribution is 2.49. The molecular formula is C17H28N2O3S. The van der Waals surface area contributed by atoms with Gasteiger partial charge in [-0.2, -0.15) is 0 Å². The van der Waals surface area contributed by atoms with Crippen molar-refractivity contribution in [1.82, 2.24) is 9.62 Å². The molecule has 0 aromatic heterocycles. The van der Waals surface area contributed by atoms with Crippen molar-refractivity contribution in [2.45, 2.75) is 69.1 Å². The Labute approximate surface area is 139 Å². The van der Waals surface area contributed by atoms with Gasteiger partial charge in [0.05, 0.1) is 5.25 Å². The second-order valence-corrected chi connectivity index (χ2v) is 10.3. The zero-order chi connectivity index (χ0) is 16.0. The van der Waals surface area contributed by atoms with Crippen LogP contribution in [0.4, 0.5) is 0 Å². The van der Waals surface area contributed by atoms with Gasteiger partial charge in [-0.1, -0.05) is 6.42 Å². The number of carbonyl (C=O) groups excluding carboxylic acids is 1. The second-order valence-electron chi connectivity index (χ2n) is 8.12. The van der Waals surface area contributed by atoms with Gasteiger partial charge >= 0.3 is 0 Å². The minimum atomic E-state index is -3.04. The van der Waals surface area contributed by atoms with Crippen molar-refractivity contribution in [3.8, 4) is 0 Å². The Hall–Kier alpha value is -0.620. The lowest BCUT2D eigenvalue weighted by atomic mass is 9.86. The van der Waals surface area contributed by atoms with Crippen molar-refractivity contribution < 1.29 is 13.2 Å². The summed E-state index contributed by atoms with van der Waals surface area (Å²) in [6.45, 7) is 1.13. The highest BCUT2D eigenvalue weighted by molar-refractivity contribution is 7.90. The van der Waals surface area contributed by atoms with Gasteiger partial charge in [0.15, 0.2) is 0 Å². The molecular weight excluding hydrogens is 312 g/mol. The van der Waals surface area contributed by atoms with Crippen LogP contribution < -0.4 is 5.32 Å². The Morgan fingerprint density at radius 2 is 1.74 bits per heavy atom. The van der Waals surface area contributed by atoms with Crippen LogP contribution in [0.1, 0.15) is 57.8 Å². The molecule has 5 nitrogen and oxygen atoms in total. The number of piperidine rings is 1. The predicted molar refractivity (Wildman–Crippen MR) is 88.2 cm³/mol. The molecule has 0 aromatic carbocycles. The maximum Gasteiger partial charge on any atom is 0.220 e. The van der Waals surface area contributed by atoms with Crippen molar-refractivity contribution >= 4 is 15.9 Å². The lowest BCUT2D eigenvalue weighted by Gasteiger charge is -2.32. The zero-order valence-corrected chi connectivity index (χ0v) is 14.6. The maximum absolute atomic E-state index is 12.3. The molecule has 4 aliphatic rings. The van der Waals surface area contributed by atoms with Gasteiger partial charge in [0.1, 0.15) is 0 Å². The molecule has 0 spiro atoms. The first-order valence-corrected chi connectivity index (χ1v) is 10.8. The van der Waals surface area contributed by atoms with E-state index in [4.69, 9.17) is 0 Å². The average Bonchev–Trinajstić information content (AvgIpc) is 3.20. The molecule has 2 bridgehead atoms. The third kappa shape index (κ3) is 3.29. The summed E-state index contributed by atoms with van der Waals surface area (Å²) in [6.07, 6.45) is 9.12. The van der Waals surface area contributed by atoms with Gasteiger partial charge in [0.2, 0.25) is 15.9 Å². The fourth-order valence-electron chi connectivity index (χ4n) is 4.98. The average molecular weight is 340 g/mol. The van der Waals surface area contributed by atoms with E-state index in [1.165, 1.54) is 25.7 Å². The molecule has 4 rings (SSSR count). The van der Waals surface area contributed by atoms with Crippen LogP contribution in [0.2, 0.25) is 0 Å². The summed E-state index contributed by atoms with van der Waals surface area (Å²) in [5.41, 5.74) is 0. The molecule has 3 saturated carbocycles. The van der Waals surface area contributed by atoms with E-state index in [2.05, 4.69) is 5.32 Å². The number of nitrogens with one attached hydrogen (secondary N) is 1. The molecule has 1 amide bonds. The van der Waals surface area contributed by atoms with E-state index in [1.54, 1.807) is 4.31 Å². The van der Waals surface area contributed by atoms with E-state index in [1.807, 2.05) is 0 Å². The molecule has 0 aromatic rings. The SMILES string of the molecule is O=C(C[C@H]1C[C@H]2CC[C@H]1C2)NC1CCN(S(=O)(=O)C2CC2)CC1. The number of carbonyl (C=O) groups is 1. The fourth-order valence-corrected chi connectivity index (χ4v) is 6.86. The second kappa shape index (κ2) is 6.03. The molecule has 1 N–H and O–H groups in total. The topological polar surface area (TPSA) is 66.5 Å².